The van der Waals surface area contributed by atoms with Crippen LogP contribution in [-0.4, -0.2) is 31.8 Å². The monoisotopic (exact) mass is 118 g/mol. The molecule has 1 aliphatic heterocycles. The summed E-state index contributed by atoms with van der Waals surface area (Å²) in [6.45, 7) is 6.52. The zero-order valence-corrected chi connectivity index (χ0v) is 6.46. The summed E-state index contributed by atoms with van der Waals surface area (Å²) >= 11 is 0. The fraction of sp³-hybridized carbons (Fsp3) is 1.00. The molecule has 7 heavy (non-hydrogen) atoms. The molecule has 1 rings (SSSR count). The first-order valence-electron chi connectivity index (χ1n) is 3.05. The number of hydrogen-bond donors (Lipinski definition) is 0. The van der Waals surface area contributed by atoms with Crippen LogP contribution in [0.3, 0.4) is 0 Å². The van der Waals surface area contributed by atoms with Gasteiger partial charge >= 0.3 is 45.3 Å². The van der Waals surface area contributed by atoms with Gasteiger partial charge in [0, 0.05) is 0 Å². The van der Waals surface area contributed by atoms with Gasteiger partial charge in [0.2, 0.25) is 0 Å². The fourth-order valence-corrected chi connectivity index (χ4v) is 3.39. The van der Waals surface area contributed by atoms with Crippen LogP contribution >= 0.6 is 6.60 Å². The summed E-state index contributed by atoms with van der Waals surface area (Å²) in [4.78, 5) is 0. The predicted octanol–water partition coefficient (Wildman–Crippen LogP) is 1.83. The van der Waals surface area contributed by atoms with Crippen molar-refractivity contribution in [1.29, 1.82) is 0 Å². The summed E-state index contributed by atoms with van der Waals surface area (Å²) in [5.74, 6) is 0. The molecule has 0 bridgehead atoms. The van der Waals surface area contributed by atoms with E-state index in [9.17, 15) is 0 Å². The Hall–Kier alpha value is 0.430. The Morgan fingerprint density at radius 1 is 1.29 bits per heavy atom. The molecule has 1 aliphatic rings. The van der Waals surface area contributed by atoms with Gasteiger partial charge in [-0.1, -0.05) is 0 Å². The van der Waals surface area contributed by atoms with Gasteiger partial charge in [-0.25, -0.2) is 0 Å². The van der Waals surface area contributed by atoms with Crippen molar-refractivity contribution in [3.05, 3.63) is 0 Å². The van der Waals surface area contributed by atoms with Crippen molar-refractivity contribution in [2.24, 2.45) is 0 Å². The molecule has 1 saturated heterocycles. The first-order chi connectivity index (χ1) is 3.05. The van der Waals surface area contributed by atoms with Crippen LogP contribution in [-0.2, 0) is 0 Å². The number of hydrogen-bond acceptors (Lipinski definition) is 0. The Balaban J connectivity index is 2.58. The SMILES string of the molecule is CCP1(C)(C)CC1. The van der Waals surface area contributed by atoms with Crippen LogP contribution in [0.15, 0.2) is 0 Å². The van der Waals surface area contributed by atoms with Crippen LogP contribution < -0.4 is 0 Å². The molecule has 0 saturated carbocycles. The molecule has 0 amide bonds. The zero-order chi connectivity index (χ0) is 5.57. The van der Waals surface area contributed by atoms with E-state index in [1.807, 2.05) is 0 Å². The Labute approximate surface area is 46.2 Å². The van der Waals surface area contributed by atoms with Crippen molar-refractivity contribution in [2.75, 3.05) is 31.8 Å². The van der Waals surface area contributed by atoms with Crippen molar-refractivity contribution >= 4 is 6.60 Å². The predicted molar refractivity (Wildman–Crippen MR) is 39.0 cm³/mol. The van der Waals surface area contributed by atoms with E-state index in [-0.39, 0.29) is 0 Å². The number of rotatable bonds is 1. The molecule has 0 aromatic rings. The summed E-state index contributed by atoms with van der Waals surface area (Å²) in [6.07, 6.45) is 4.62. The molecule has 0 atom stereocenters. The van der Waals surface area contributed by atoms with E-state index in [0.717, 1.165) is 0 Å². The summed E-state index contributed by atoms with van der Waals surface area (Å²) in [5.41, 5.74) is 0. The standard InChI is InChI=1S/C6H15P/c1-4-7(2,3)5-6-7/h4-6H2,1-3H3. The topological polar surface area (TPSA) is 0 Å². The molecule has 0 N–H and O–H groups in total. The third-order valence-electron chi connectivity index (χ3n) is 2.51. The minimum absolute atomic E-state index is 0.826. The van der Waals surface area contributed by atoms with Crippen molar-refractivity contribution in [3.8, 4) is 0 Å². The Morgan fingerprint density at radius 3 is 1.71 bits per heavy atom. The van der Waals surface area contributed by atoms with E-state index in [1.165, 1.54) is 6.16 Å². The summed E-state index contributed by atoms with van der Waals surface area (Å²) in [7, 11) is 0. The van der Waals surface area contributed by atoms with Crippen LogP contribution in [0.25, 0.3) is 0 Å². The van der Waals surface area contributed by atoms with E-state index in [4.69, 9.17) is 0 Å². The van der Waals surface area contributed by atoms with Crippen LogP contribution in [0.1, 0.15) is 6.92 Å². The molecule has 1 fully saturated rings. The van der Waals surface area contributed by atoms with E-state index >= 15 is 0 Å². The second-order valence-corrected chi connectivity index (χ2v) is 11.3. The third-order valence-corrected chi connectivity index (χ3v) is 7.54. The first-order valence-corrected chi connectivity index (χ1v) is 6.74. The maximum absolute atomic E-state index is 2.51. The quantitative estimate of drug-likeness (QED) is 0.461. The Bertz CT molecular complexity index is 86.4. The summed E-state index contributed by atoms with van der Waals surface area (Å²) < 4.78 is 0. The Morgan fingerprint density at radius 2 is 1.71 bits per heavy atom. The van der Waals surface area contributed by atoms with Crippen molar-refractivity contribution < 1.29 is 0 Å². The summed E-state index contributed by atoms with van der Waals surface area (Å²) in [6, 6.07) is 0. The van der Waals surface area contributed by atoms with E-state index in [2.05, 4.69) is 20.3 Å². The molecule has 0 nitrogen and oxygen atoms in total. The average molecular weight is 118 g/mol. The molecular formula is C6H15P. The van der Waals surface area contributed by atoms with Gasteiger partial charge in [0.05, 0.1) is 0 Å². The van der Waals surface area contributed by atoms with Gasteiger partial charge in [-0.15, -0.1) is 0 Å². The van der Waals surface area contributed by atoms with E-state index < -0.39 is 6.60 Å². The average Bonchev–Trinajstić information content (AvgIpc) is 2.20. The van der Waals surface area contributed by atoms with Crippen molar-refractivity contribution in [1.82, 2.24) is 0 Å². The van der Waals surface area contributed by atoms with Crippen LogP contribution in [0.2, 0.25) is 0 Å². The first kappa shape index (κ1) is 5.56. The van der Waals surface area contributed by atoms with Crippen molar-refractivity contribution in [2.45, 2.75) is 6.92 Å². The summed E-state index contributed by atoms with van der Waals surface area (Å²) in [5, 5.41) is 0. The van der Waals surface area contributed by atoms with E-state index in [0.29, 0.717) is 0 Å². The molecule has 0 unspecified atom stereocenters. The van der Waals surface area contributed by atoms with Gasteiger partial charge < -0.3 is 0 Å². The third kappa shape index (κ3) is 0.966. The van der Waals surface area contributed by atoms with Crippen LogP contribution in [0.5, 0.6) is 0 Å². The van der Waals surface area contributed by atoms with Gasteiger partial charge in [-0.05, 0) is 0 Å². The molecule has 1 heteroatoms. The van der Waals surface area contributed by atoms with Gasteiger partial charge in [-0.2, -0.15) is 0 Å². The molecule has 1 heterocycles. The second kappa shape index (κ2) is 1.05. The maximum atomic E-state index is 2.51. The van der Waals surface area contributed by atoms with Crippen LogP contribution in [0, 0.1) is 0 Å². The minimum atomic E-state index is -0.826. The normalized spacial score (nSPS) is 38.4. The van der Waals surface area contributed by atoms with Crippen molar-refractivity contribution in [3.63, 3.8) is 0 Å². The molecule has 0 spiro atoms. The fourth-order valence-electron chi connectivity index (χ4n) is 0.587. The van der Waals surface area contributed by atoms with Crippen LogP contribution in [0.4, 0.5) is 0 Å². The molecule has 0 aliphatic carbocycles. The van der Waals surface area contributed by atoms with Gasteiger partial charge in [0.1, 0.15) is 0 Å². The van der Waals surface area contributed by atoms with Gasteiger partial charge in [-0.3, -0.25) is 0 Å². The molecule has 0 radical (unpaired) electrons. The Kier molecular flexibility index (Phi) is 0.836. The molecule has 0 aromatic heterocycles. The van der Waals surface area contributed by atoms with Gasteiger partial charge in [0.15, 0.2) is 0 Å². The molecule has 0 aromatic carbocycles. The molecule has 44 valence electrons. The van der Waals surface area contributed by atoms with Gasteiger partial charge in [0.25, 0.3) is 0 Å². The zero-order valence-electron chi connectivity index (χ0n) is 5.57. The van der Waals surface area contributed by atoms with E-state index in [1.54, 1.807) is 12.3 Å². The molecular weight excluding hydrogens is 103 g/mol. The second-order valence-electron chi connectivity index (χ2n) is 3.78.